The number of para-hydroxylation sites is 1. The van der Waals surface area contributed by atoms with E-state index in [0.717, 1.165) is 11.1 Å². The predicted molar refractivity (Wildman–Crippen MR) is 110 cm³/mol. The Bertz CT molecular complexity index is 935. The molecule has 0 heterocycles. The summed E-state index contributed by atoms with van der Waals surface area (Å²) < 4.78 is 27.8. The summed E-state index contributed by atoms with van der Waals surface area (Å²) in [5.41, 5.74) is 3.88. The minimum absolute atomic E-state index is 0.139. The van der Waals surface area contributed by atoms with Crippen LogP contribution in [-0.2, 0) is 20.2 Å². The van der Waals surface area contributed by atoms with Crippen LogP contribution in [0.5, 0.6) is 0 Å². The Hall–Kier alpha value is -2.18. The van der Waals surface area contributed by atoms with Crippen molar-refractivity contribution in [3.05, 3.63) is 58.7 Å². The number of nitrogens with one attached hydrogen (secondary N) is 2. The van der Waals surface area contributed by atoms with E-state index in [-0.39, 0.29) is 16.9 Å². The van der Waals surface area contributed by atoms with Gasteiger partial charge in [-0.3, -0.25) is 4.79 Å². The second-order valence-corrected chi connectivity index (χ2v) is 9.60. The van der Waals surface area contributed by atoms with Gasteiger partial charge < -0.3 is 5.32 Å². The van der Waals surface area contributed by atoms with Crippen LogP contribution in [0.15, 0.2) is 41.3 Å². The standard InChI is InChI=1S/C21H28N2O3S/c1-14-11-15(2)20(16(3)12-14)27(25,26)22-13-19(24)23-18-10-8-7-9-17(18)21(4,5)6/h7-12,22H,13H2,1-6H3,(H,23,24). The van der Waals surface area contributed by atoms with Crippen molar-refractivity contribution in [3.63, 3.8) is 0 Å². The van der Waals surface area contributed by atoms with E-state index in [0.29, 0.717) is 16.8 Å². The number of carbonyl (C=O) groups excluding carboxylic acids is 1. The van der Waals surface area contributed by atoms with Crippen LogP contribution >= 0.6 is 0 Å². The third-order valence-corrected chi connectivity index (χ3v) is 6.01. The van der Waals surface area contributed by atoms with E-state index in [1.54, 1.807) is 13.8 Å². The highest BCUT2D eigenvalue weighted by atomic mass is 32.2. The molecular formula is C21H28N2O3S. The molecule has 0 aromatic heterocycles. The average molecular weight is 389 g/mol. The second-order valence-electron chi connectivity index (χ2n) is 7.90. The molecule has 0 bridgehead atoms. The highest BCUT2D eigenvalue weighted by Crippen LogP contribution is 2.29. The Labute approximate surface area is 162 Å². The molecule has 0 fully saturated rings. The normalized spacial score (nSPS) is 12.1. The molecule has 146 valence electrons. The largest absolute Gasteiger partial charge is 0.325 e. The van der Waals surface area contributed by atoms with Gasteiger partial charge in [-0.15, -0.1) is 0 Å². The molecule has 1 amide bonds. The lowest BCUT2D eigenvalue weighted by Gasteiger charge is -2.23. The molecule has 0 aliphatic rings. The Morgan fingerprint density at radius 1 is 1.00 bits per heavy atom. The Kier molecular flexibility index (Phi) is 6.12. The van der Waals surface area contributed by atoms with Crippen LogP contribution in [0.3, 0.4) is 0 Å². The number of rotatable bonds is 5. The molecule has 2 rings (SSSR count). The fourth-order valence-electron chi connectivity index (χ4n) is 3.26. The molecule has 0 aliphatic carbocycles. The van der Waals surface area contributed by atoms with E-state index in [9.17, 15) is 13.2 Å². The number of hydrogen-bond acceptors (Lipinski definition) is 3. The fourth-order valence-corrected chi connectivity index (χ4v) is 4.69. The maximum atomic E-state index is 12.7. The smallest absolute Gasteiger partial charge is 0.241 e. The zero-order chi connectivity index (χ0) is 20.4. The van der Waals surface area contributed by atoms with Crippen molar-refractivity contribution >= 4 is 21.6 Å². The van der Waals surface area contributed by atoms with Crippen LogP contribution in [-0.4, -0.2) is 20.9 Å². The van der Waals surface area contributed by atoms with E-state index in [2.05, 4.69) is 30.8 Å². The molecule has 0 saturated carbocycles. The average Bonchev–Trinajstić information content (AvgIpc) is 2.51. The third kappa shape index (κ3) is 5.17. The first-order valence-corrected chi connectivity index (χ1v) is 10.4. The van der Waals surface area contributed by atoms with Crippen LogP contribution in [0.4, 0.5) is 5.69 Å². The Balaban J connectivity index is 2.15. The zero-order valence-corrected chi connectivity index (χ0v) is 17.6. The van der Waals surface area contributed by atoms with Gasteiger partial charge in [-0.2, -0.15) is 0 Å². The van der Waals surface area contributed by atoms with Gasteiger partial charge in [0.15, 0.2) is 0 Å². The molecule has 0 spiro atoms. The van der Waals surface area contributed by atoms with Crippen molar-refractivity contribution in [3.8, 4) is 0 Å². The highest BCUT2D eigenvalue weighted by Gasteiger charge is 2.22. The summed E-state index contributed by atoms with van der Waals surface area (Å²) in [6, 6.07) is 11.2. The van der Waals surface area contributed by atoms with Gasteiger partial charge in [0.1, 0.15) is 0 Å². The van der Waals surface area contributed by atoms with Crippen LogP contribution in [0, 0.1) is 20.8 Å². The third-order valence-electron chi connectivity index (χ3n) is 4.31. The first kappa shape index (κ1) is 21.1. The summed E-state index contributed by atoms with van der Waals surface area (Å²) in [4.78, 5) is 12.6. The topological polar surface area (TPSA) is 75.3 Å². The van der Waals surface area contributed by atoms with Gasteiger partial charge in [0.25, 0.3) is 0 Å². The van der Waals surface area contributed by atoms with E-state index in [4.69, 9.17) is 0 Å². The molecule has 0 aliphatic heterocycles. The van der Waals surface area contributed by atoms with Crippen molar-refractivity contribution in [1.29, 1.82) is 0 Å². The lowest BCUT2D eigenvalue weighted by Crippen LogP contribution is -2.34. The number of amides is 1. The molecule has 2 aromatic carbocycles. The Morgan fingerprint density at radius 3 is 2.11 bits per heavy atom. The maximum Gasteiger partial charge on any atom is 0.241 e. The quantitative estimate of drug-likeness (QED) is 0.817. The lowest BCUT2D eigenvalue weighted by molar-refractivity contribution is -0.115. The van der Waals surface area contributed by atoms with Gasteiger partial charge in [0.05, 0.1) is 11.4 Å². The van der Waals surface area contributed by atoms with Crippen molar-refractivity contribution < 1.29 is 13.2 Å². The highest BCUT2D eigenvalue weighted by molar-refractivity contribution is 7.89. The lowest BCUT2D eigenvalue weighted by atomic mass is 9.86. The maximum absolute atomic E-state index is 12.7. The predicted octanol–water partition coefficient (Wildman–Crippen LogP) is 3.83. The van der Waals surface area contributed by atoms with E-state index >= 15 is 0 Å². The van der Waals surface area contributed by atoms with Gasteiger partial charge in [-0.05, 0) is 48.9 Å². The Morgan fingerprint density at radius 2 is 1.56 bits per heavy atom. The van der Waals surface area contributed by atoms with Gasteiger partial charge in [0.2, 0.25) is 15.9 Å². The number of hydrogen-bond donors (Lipinski definition) is 2. The number of aryl methyl sites for hydroxylation is 3. The SMILES string of the molecule is Cc1cc(C)c(S(=O)(=O)NCC(=O)Nc2ccccc2C(C)(C)C)c(C)c1. The van der Waals surface area contributed by atoms with Crippen molar-refractivity contribution in [1.82, 2.24) is 4.72 Å². The first-order valence-electron chi connectivity index (χ1n) is 8.88. The van der Waals surface area contributed by atoms with Crippen molar-refractivity contribution in [2.75, 3.05) is 11.9 Å². The number of carbonyl (C=O) groups is 1. The summed E-state index contributed by atoms with van der Waals surface area (Å²) in [6.07, 6.45) is 0. The molecular weight excluding hydrogens is 360 g/mol. The second kappa shape index (κ2) is 7.82. The molecule has 0 atom stereocenters. The van der Waals surface area contributed by atoms with E-state index < -0.39 is 15.9 Å². The summed E-state index contributed by atoms with van der Waals surface area (Å²) in [5.74, 6) is -0.405. The summed E-state index contributed by atoms with van der Waals surface area (Å²) >= 11 is 0. The van der Waals surface area contributed by atoms with Crippen LogP contribution < -0.4 is 10.0 Å². The van der Waals surface area contributed by atoms with Crippen molar-refractivity contribution in [2.24, 2.45) is 0 Å². The summed E-state index contributed by atoms with van der Waals surface area (Å²) in [6.45, 7) is 11.3. The van der Waals surface area contributed by atoms with Gasteiger partial charge in [-0.1, -0.05) is 56.7 Å². The molecule has 27 heavy (non-hydrogen) atoms. The first-order chi connectivity index (χ1) is 12.4. The summed E-state index contributed by atoms with van der Waals surface area (Å²) in [5, 5.41) is 2.81. The molecule has 6 heteroatoms. The van der Waals surface area contributed by atoms with E-state index in [1.165, 1.54) is 0 Å². The van der Waals surface area contributed by atoms with Gasteiger partial charge in [-0.25, -0.2) is 13.1 Å². The molecule has 0 unspecified atom stereocenters. The zero-order valence-electron chi connectivity index (χ0n) is 16.8. The van der Waals surface area contributed by atoms with Crippen molar-refractivity contribution in [2.45, 2.75) is 51.9 Å². The van der Waals surface area contributed by atoms with Crippen LogP contribution in [0.25, 0.3) is 0 Å². The minimum Gasteiger partial charge on any atom is -0.325 e. The van der Waals surface area contributed by atoms with E-state index in [1.807, 2.05) is 43.3 Å². The van der Waals surface area contributed by atoms with Crippen LogP contribution in [0.2, 0.25) is 0 Å². The number of sulfonamides is 1. The molecule has 2 N–H and O–H groups in total. The monoisotopic (exact) mass is 388 g/mol. The summed E-state index contributed by atoms with van der Waals surface area (Å²) in [7, 11) is -3.78. The van der Waals surface area contributed by atoms with Gasteiger partial charge in [0, 0.05) is 5.69 Å². The minimum atomic E-state index is -3.78. The molecule has 2 aromatic rings. The number of anilines is 1. The van der Waals surface area contributed by atoms with Crippen LogP contribution in [0.1, 0.15) is 43.0 Å². The van der Waals surface area contributed by atoms with Gasteiger partial charge >= 0.3 is 0 Å². The molecule has 0 saturated heterocycles. The fraction of sp³-hybridized carbons (Fsp3) is 0.381. The molecule has 0 radical (unpaired) electrons. The number of benzene rings is 2. The molecule has 5 nitrogen and oxygen atoms in total.